The van der Waals surface area contributed by atoms with E-state index in [0.717, 1.165) is 16.3 Å². The molecule has 176 valence electrons. The maximum Gasteiger partial charge on any atom is 0.143 e. The van der Waals surface area contributed by atoms with Gasteiger partial charge >= 0.3 is 0 Å². The number of rotatable bonds is 4. The number of anilines is 2. The van der Waals surface area contributed by atoms with Crippen LogP contribution in [0.2, 0.25) is 0 Å². The first-order chi connectivity index (χ1) is 17.5. The lowest BCUT2D eigenvalue weighted by Gasteiger charge is -2.13. The zero-order valence-corrected chi connectivity index (χ0v) is 19.1. The molecule has 5 rings (SSSR count). The van der Waals surface area contributed by atoms with Gasteiger partial charge in [0.15, 0.2) is 0 Å². The van der Waals surface area contributed by atoms with E-state index in [0.29, 0.717) is 28.6 Å². The molecule has 6 nitrogen and oxygen atoms in total. The average molecular weight is 475 g/mol. The van der Waals surface area contributed by atoms with E-state index >= 15 is 0 Å². The minimum absolute atomic E-state index is 0.00501. The lowest BCUT2D eigenvalue weighted by Crippen LogP contribution is -1.93. The van der Waals surface area contributed by atoms with E-state index in [2.05, 4.69) is 11.8 Å². The minimum Gasteiger partial charge on any atom is -0.506 e. The van der Waals surface area contributed by atoms with E-state index in [4.69, 9.17) is 20.9 Å². The highest BCUT2D eigenvalue weighted by Gasteiger charge is 2.11. The average Bonchev–Trinajstić information content (AvgIpc) is 2.88. The lowest BCUT2D eigenvalue weighted by molar-refractivity contribution is 0.466. The van der Waals surface area contributed by atoms with Crippen LogP contribution in [0.5, 0.6) is 34.5 Å². The van der Waals surface area contributed by atoms with Crippen molar-refractivity contribution in [2.24, 2.45) is 0 Å². The van der Waals surface area contributed by atoms with Gasteiger partial charge in [0, 0.05) is 23.1 Å². The molecule has 6 N–H and O–H groups in total. The molecule has 0 bridgehead atoms. The highest BCUT2D eigenvalue weighted by atomic mass is 16.5. The number of phenols is 2. The quantitative estimate of drug-likeness (QED) is 0.136. The Kier molecular flexibility index (Phi) is 5.96. The van der Waals surface area contributed by atoms with Gasteiger partial charge in [-0.15, -0.1) is 0 Å². The first-order valence-corrected chi connectivity index (χ1v) is 11.1. The number of nitrogen functional groups attached to an aromatic ring is 2. The summed E-state index contributed by atoms with van der Waals surface area (Å²) in [7, 11) is 0. The Morgan fingerprint density at radius 1 is 0.583 bits per heavy atom. The molecule has 0 radical (unpaired) electrons. The van der Waals surface area contributed by atoms with E-state index in [-0.39, 0.29) is 22.9 Å². The molecule has 0 aliphatic rings. The second-order valence-electron chi connectivity index (χ2n) is 8.08. The van der Waals surface area contributed by atoms with Crippen molar-refractivity contribution in [3.05, 3.63) is 108 Å². The van der Waals surface area contributed by atoms with Crippen LogP contribution in [0.3, 0.4) is 0 Å². The number of nitrogens with two attached hydrogens (primary N) is 2. The first kappa shape index (κ1) is 22.5. The molecule has 5 aromatic rings. The number of benzene rings is 5. The Bertz CT molecular complexity index is 1640. The van der Waals surface area contributed by atoms with Crippen LogP contribution in [-0.4, -0.2) is 10.2 Å². The second kappa shape index (κ2) is 9.53. The van der Waals surface area contributed by atoms with Crippen LogP contribution in [0.4, 0.5) is 11.4 Å². The van der Waals surface area contributed by atoms with Crippen LogP contribution in [0.15, 0.2) is 97.1 Å². The number of ether oxygens (including phenoxy) is 2. The summed E-state index contributed by atoms with van der Waals surface area (Å²) in [6, 6.07) is 28.5. The predicted molar refractivity (Wildman–Crippen MR) is 142 cm³/mol. The SMILES string of the molecule is Nc1cc(Oc2ccc3c(C#Cc4ccccc4)c(Oc4ccc(O)c(N)c4)ccc3c2)ccc1O. The van der Waals surface area contributed by atoms with Crippen LogP contribution in [0, 0.1) is 11.8 Å². The van der Waals surface area contributed by atoms with Crippen molar-refractivity contribution in [2.75, 3.05) is 11.5 Å². The molecule has 0 saturated carbocycles. The largest absolute Gasteiger partial charge is 0.506 e. The van der Waals surface area contributed by atoms with E-state index in [1.54, 1.807) is 24.3 Å². The van der Waals surface area contributed by atoms with Crippen LogP contribution in [0.1, 0.15) is 11.1 Å². The molecular weight excluding hydrogens is 452 g/mol. The Morgan fingerprint density at radius 3 is 1.86 bits per heavy atom. The van der Waals surface area contributed by atoms with Gasteiger partial charge in [-0.3, -0.25) is 0 Å². The highest BCUT2D eigenvalue weighted by Crippen LogP contribution is 2.36. The van der Waals surface area contributed by atoms with Gasteiger partial charge in [-0.2, -0.15) is 0 Å². The van der Waals surface area contributed by atoms with E-state index in [1.165, 1.54) is 12.1 Å². The summed E-state index contributed by atoms with van der Waals surface area (Å²) in [5, 5.41) is 21.2. The van der Waals surface area contributed by atoms with Crippen molar-refractivity contribution in [3.8, 4) is 46.3 Å². The van der Waals surface area contributed by atoms with Gasteiger partial charge in [0.2, 0.25) is 0 Å². The topological polar surface area (TPSA) is 111 Å². The van der Waals surface area contributed by atoms with Gasteiger partial charge in [0.25, 0.3) is 0 Å². The first-order valence-electron chi connectivity index (χ1n) is 11.1. The normalized spacial score (nSPS) is 10.4. The van der Waals surface area contributed by atoms with Crippen molar-refractivity contribution in [2.45, 2.75) is 0 Å². The molecule has 0 aliphatic heterocycles. The molecule has 0 fully saturated rings. The molecule has 0 aliphatic carbocycles. The van der Waals surface area contributed by atoms with Crippen molar-refractivity contribution < 1.29 is 19.7 Å². The molecule has 6 heteroatoms. The molecule has 0 unspecified atom stereocenters. The molecule has 5 aromatic carbocycles. The minimum atomic E-state index is -0.00660. The number of aromatic hydroxyl groups is 2. The van der Waals surface area contributed by atoms with Crippen LogP contribution in [-0.2, 0) is 0 Å². The number of hydrogen-bond acceptors (Lipinski definition) is 6. The molecule has 0 atom stereocenters. The Labute approximate surface area is 208 Å². The number of phenolic OH excluding ortho intramolecular Hbond substituents is 2. The summed E-state index contributed by atoms with van der Waals surface area (Å²) in [4.78, 5) is 0. The van der Waals surface area contributed by atoms with Crippen molar-refractivity contribution in [1.82, 2.24) is 0 Å². The van der Waals surface area contributed by atoms with E-state index in [9.17, 15) is 10.2 Å². The van der Waals surface area contributed by atoms with Gasteiger partial charge < -0.3 is 31.2 Å². The fraction of sp³-hybridized carbons (Fsp3) is 0. The second-order valence-corrected chi connectivity index (χ2v) is 8.08. The van der Waals surface area contributed by atoms with Gasteiger partial charge in [-0.05, 0) is 66.0 Å². The van der Waals surface area contributed by atoms with Crippen molar-refractivity contribution >= 4 is 22.1 Å². The molecule has 0 saturated heterocycles. The van der Waals surface area contributed by atoms with Gasteiger partial charge in [0.05, 0.1) is 16.9 Å². The monoisotopic (exact) mass is 474 g/mol. The summed E-state index contributed by atoms with van der Waals surface area (Å²) in [5.74, 6) is 8.62. The summed E-state index contributed by atoms with van der Waals surface area (Å²) in [6.07, 6.45) is 0. The van der Waals surface area contributed by atoms with Crippen LogP contribution in [0.25, 0.3) is 10.8 Å². The maximum absolute atomic E-state index is 9.74. The predicted octanol–water partition coefficient (Wildman–Crippen LogP) is 6.40. The zero-order chi connectivity index (χ0) is 25.1. The Hall–Kier alpha value is -5.28. The fourth-order valence-corrected chi connectivity index (χ4v) is 3.68. The van der Waals surface area contributed by atoms with Crippen molar-refractivity contribution in [1.29, 1.82) is 0 Å². The molecule has 0 spiro atoms. The molecule has 0 aromatic heterocycles. The number of hydrogen-bond donors (Lipinski definition) is 4. The van der Waals surface area contributed by atoms with Crippen molar-refractivity contribution in [3.63, 3.8) is 0 Å². The van der Waals surface area contributed by atoms with Gasteiger partial charge in [-0.1, -0.05) is 36.1 Å². The smallest absolute Gasteiger partial charge is 0.143 e. The van der Waals surface area contributed by atoms with Crippen LogP contribution >= 0.6 is 0 Å². The maximum atomic E-state index is 9.74. The summed E-state index contributed by atoms with van der Waals surface area (Å²) < 4.78 is 12.1. The Morgan fingerprint density at radius 2 is 1.19 bits per heavy atom. The van der Waals surface area contributed by atoms with Crippen LogP contribution < -0.4 is 20.9 Å². The number of fused-ring (bicyclic) bond motifs is 1. The van der Waals surface area contributed by atoms with E-state index < -0.39 is 0 Å². The molecule has 0 heterocycles. The summed E-state index contributed by atoms with van der Waals surface area (Å²) in [6.45, 7) is 0. The fourth-order valence-electron chi connectivity index (χ4n) is 3.68. The molecule has 0 amide bonds. The standard InChI is InChI=1S/C30H22N2O4/c31-26-17-22(9-13-28(26)33)35-21-8-12-24-20(16-21)7-15-30(36-23-10-14-29(34)27(32)18-23)25(24)11-6-19-4-2-1-3-5-19/h1-5,7-10,12-18,33-34H,31-32H2. The molecular formula is C30H22N2O4. The third-order valence-electron chi connectivity index (χ3n) is 5.52. The zero-order valence-electron chi connectivity index (χ0n) is 19.1. The lowest BCUT2D eigenvalue weighted by atomic mass is 10.0. The third kappa shape index (κ3) is 4.81. The Balaban J connectivity index is 1.56. The third-order valence-corrected chi connectivity index (χ3v) is 5.52. The van der Waals surface area contributed by atoms with Gasteiger partial charge in [0.1, 0.15) is 34.5 Å². The summed E-state index contributed by atoms with van der Waals surface area (Å²) in [5.41, 5.74) is 13.7. The summed E-state index contributed by atoms with van der Waals surface area (Å²) >= 11 is 0. The van der Waals surface area contributed by atoms with E-state index in [1.807, 2.05) is 60.7 Å². The van der Waals surface area contributed by atoms with Gasteiger partial charge in [-0.25, -0.2) is 0 Å². The highest BCUT2D eigenvalue weighted by molar-refractivity contribution is 5.92. The molecule has 36 heavy (non-hydrogen) atoms.